The summed E-state index contributed by atoms with van der Waals surface area (Å²) in [4.78, 5) is 15.3. The Hall–Kier alpha value is -1.78. The SMILES string of the molecule is Cc1cc(C(=O)N2CC[C@@H]3CNC[C@@H]3CC2)c(C)n1-c1cccc(Cl)c1. The molecule has 5 heteroatoms. The second-order valence-corrected chi connectivity index (χ2v) is 8.08. The third kappa shape index (κ3) is 3.17. The minimum absolute atomic E-state index is 0.166. The Balaban J connectivity index is 1.60. The van der Waals surface area contributed by atoms with Crippen LogP contribution >= 0.6 is 11.6 Å². The lowest BCUT2D eigenvalue weighted by Crippen LogP contribution is -2.33. The average Bonchev–Trinajstić information content (AvgIpc) is 3.12. The number of hydrogen-bond donors (Lipinski definition) is 1. The van der Waals surface area contributed by atoms with E-state index >= 15 is 0 Å². The number of aromatic nitrogens is 1. The van der Waals surface area contributed by atoms with Gasteiger partial charge in [0.25, 0.3) is 5.91 Å². The summed E-state index contributed by atoms with van der Waals surface area (Å²) >= 11 is 6.16. The first-order chi connectivity index (χ1) is 12.5. The van der Waals surface area contributed by atoms with Gasteiger partial charge in [-0.1, -0.05) is 17.7 Å². The molecule has 3 heterocycles. The molecule has 1 aromatic heterocycles. The summed E-state index contributed by atoms with van der Waals surface area (Å²) in [6, 6.07) is 9.80. The Labute approximate surface area is 160 Å². The predicted octanol–water partition coefficient (Wildman–Crippen LogP) is 3.82. The van der Waals surface area contributed by atoms with Crippen molar-refractivity contribution in [2.24, 2.45) is 11.8 Å². The van der Waals surface area contributed by atoms with Crippen LogP contribution in [0.1, 0.15) is 34.6 Å². The highest BCUT2D eigenvalue weighted by atomic mass is 35.5. The molecule has 4 nitrogen and oxygen atoms in total. The van der Waals surface area contributed by atoms with Crippen molar-refractivity contribution < 1.29 is 4.79 Å². The minimum Gasteiger partial charge on any atom is -0.339 e. The summed E-state index contributed by atoms with van der Waals surface area (Å²) in [6.07, 6.45) is 2.22. The van der Waals surface area contributed by atoms with E-state index in [1.165, 1.54) is 0 Å². The summed E-state index contributed by atoms with van der Waals surface area (Å²) in [6.45, 7) is 8.01. The summed E-state index contributed by atoms with van der Waals surface area (Å²) in [7, 11) is 0. The van der Waals surface area contributed by atoms with Crippen LogP contribution in [0.25, 0.3) is 5.69 Å². The van der Waals surface area contributed by atoms with Crippen LogP contribution in [0.3, 0.4) is 0 Å². The van der Waals surface area contributed by atoms with Crippen LogP contribution in [0.15, 0.2) is 30.3 Å². The standard InChI is InChI=1S/C21H26ClN3O/c1-14-10-20(15(2)25(14)19-5-3-4-18(22)11-19)21(26)24-8-6-16-12-23-13-17(16)7-9-24/h3-5,10-11,16-17,23H,6-9,12-13H2,1-2H3/t16-,17+. The molecule has 2 atom stereocenters. The molecule has 0 spiro atoms. The lowest BCUT2D eigenvalue weighted by atomic mass is 9.92. The summed E-state index contributed by atoms with van der Waals surface area (Å²) in [5.74, 6) is 1.62. The number of rotatable bonds is 2. The molecule has 0 aliphatic carbocycles. The molecule has 26 heavy (non-hydrogen) atoms. The van der Waals surface area contributed by atoms with E-state index in [0.29, 0.717) is 5.02 Å². The van der Waals surface area contributed by atoms with E-state index in [0.717, 1.165) is 73.5 Å². The largest absolute Gasteiger partial charge is 0.339 e. The van der Waals surface area contributed by atoms with Crippen molar-refractivity contribution in [3.05, 3.63) is 52.3 Å². The number of fused-ring (bicyclic) bond motifs is 1. The number of nitrogens with one attached hydrogen (secondary N) is 1. The molecule has 138 valence electrons. The van der Waals surface area contributed by atoms with Crippen LogP contribution < -0.4 is 5.32 Å². The molecule has 0 bridgehead atoms. The zero-order valence-corrected chi connectivity index (χ0v) is 16.2. The van der Waals surface area contributed by atoms with E-state index in [2.05, 4.69) is 14.8 Å². The zero-order valence-electron chi connectivity index (χ0n) is 15.5. The van der Waals surface area contributed by atoms with Gasteiger partial charge in [0.05, 0.1) is 5.56 Å². The summed E-state index contributed by atoms with van der Waals surface area (Å²) in [5.41, 5.74) is 3.86. The first kappa shape index (κ1) is 17.6. The van der Waals surface area contributed by atoms with Gasteiger partial charge >= 0.3 is 0 Å². The third-order valence-electron chi connectivity index (χ3n) is 6.03. The zero-order chi connectivity index (χ0) is 18.3. The van der Waals surface area contributed by atoms with Crippen molar-refractivity contribution in [2.45, 2.75) is 26.7 Å². The molecule has 1 amide bonds. The van der Waals surface area contributed by atoms with Gasteiger partial charge < -0.3 is 14.8 Å². The van der Waals surface area contributed by atoms with Crippen LogP contribution in [0, 0.1) is 25.7 Å². The summed E-state index contributed by atoms with van der Waals surface area (Å²) in [5, 5.41) is 4.20. The molecule has 0 radical (unpaired) electrons. The number of amides is 1. The van der Waals surface area contributed by atoms with E-state index in [4.69, 9.17) is 11.6 Å². The van der Waals surface area contributed by atoms with Crippen molar-refractivity contribution in [1.82, 2.24) is 14.8 Å². The first-order valence-electron chi connectivity index (χ1n) is 9.49. The lowest BCUT2D eigenvalue weighted by molar-refractivity contribution is 0.0758. The van der Waals surface area contributed by atoms with E-state index in [9.17, 15) is 4.79 Å². The fourth-order valence-electron chi connectivity index (χ4n) is 4.58. The third-order valence-corrected chi connectivity index (χ3v) is 6.27. The van der Waals surface area contributed by atoms with E-state index < -0.39 is 0 Å². The van der Waals surface area contributed by atoms with Gasteiger partial charge in [-0.2, -0.15) is 0 Å². The number of carbonyl (C=O) groups excluding carboxylic acids is 1. The molecule has 2 saturated heterocycles. The van der Waals surface area contributed by atoms with Gasteiger partial charge in [0, 0.05) is 35.2 Å². The Kier molecular flexibility index (Phi) is 4.80. The Morgan fingerprint density at radius 2 is 1.81 bits per heavy atom. The van der Waals surface area contributed by atoms with E-state index in [1.54, 1.807) is 0 Å². The van der Waals surface area contributed by atoms with Crippen molar-refractivity contribution in [3.63, 3.8) is 0 Å². The fraction of sp³-hybridized carbons (Fsp3) is 0.476. The number of aryl methyl sites for hydroxylation is 1. The normalized spacial score (nSPS) is 23.0. The molecule has 0 unspecified atom stereocenters. The van der Waals surface area contributed by atoms with Gasteiger partial charge in [0.2, 0.25) is 0 Å². The molecule has 2 fully saturated rings. The van der Waals surface area contributed by atoms with Gasteiger partial charge in [0.15, 0.2) is 0 Å². The van der Waals surface area contributed by atoms with E-state index in [1.807, 2.05) is 44.2 Å². The Morgan fingerprint density at radius 1 is 1.12 bits per heavy atom. The van der Waals surface area contributed by atoms with Crippen LogP contribution in [0.5, 0.6) is 0 Å². The first-order valence-corrected chi connectivity index (χ1v) is 9.87. The minimum atomic E-state index is 0.166. The lowest BCUT2D eigenvalue weighted by Gasteiger charge is -2.21. The number of carbonyl (C=O) groups is 1. The van der Waals surface area contributed by atoms with Crippen LogP contribution in [0.4, 0.5) is 0 Å². The molecular formula is C21H26ClN3O. The van der Waals surface area contributed by atoms with Gasteiger partial charge in [-0.05, 0) is 75.9 Å². The maximum atomic E-state index is 13.2. The number of hydrogen-bond acceptors (Lipinski definition) is 2. The van der Waals surface area contributed by atoms with Gasteiger partial charge in [-0.25, -0.2) is 0 Å². The number of nitrogens with zero attached hydrogens (tertiary/aromatic N) is 2. The van der Waals surface area contributed by atoms with Crippen LogP contribution in [-0.2, 0) is 0 Å². The average molecular weight is 372 g/mol. The fourth-order valence-corrected chi connectivity index (χ4v) is 4.77. The molecule has 2 aliphatic heterocycles. The Morgan fingerprint density at radius 3 is 2.46 bits per heavy atom. The van der Waals surface area contributed by atoms with Crippen molar-refractivity contribution >= 4 is 17.5 Å². The molecule has 0 saturated carbocycles. The summed E-state index contributed by atoms with van der Waals surface area (Å²) < 4.78 is 2.12. The van der Waals surface area contributed by atoms with Crippen molar-refractivity contribution in [2.75, 3.05) is 26.2 Å². The second-order valence-electron chi connectivity index (χ2n) is 7.65. The van der Waals surface area contributed by atoms with Crippen LogP contribution in [0.2, 0.25) is 5.02 Å². The molecule has 4 rings (SSSR count). The highest BCUT2D eigenvalue weighted by Crippen LogP contribution is 2.29. The maximum absolute atomic E-state index is 13.2. The van der Waals surface area contributed by atoms with Crippen LogP contribution in [-0.4, -0.2) is 41.6 Å². The molecule has 1 N–H and O–H groups in total. The topological polar surface area (TPSA) is 37.3 Å². The van der Waals surface area contributed by atoms with Crippen molar-refractivity contribution in [1.29, 1.82) is 0 Å². The maximum Gasteiger partial charge on any atom is 0.255 e. The van der Waals surface area contributed by atoms with Gasteiger partial charge in [0.1, 0.15) is 0 Å². The number of halogens is 1. The van der Waals surface area contributed by atoms with E-state index in [-0.39, 0.29) is 5.91 Å². The predicted molar refractivity (Wildman–Crippen MR) is 105 cm³/mol. The van der Waals surface area contributed by atoms with Gasteiger partial charge in [-0.15, -0.1) is 0 Å². The Bertz CT molecular complexity index is 815. The molecular weight excluding hydrogens is 346 g/mol. The molecule has 1 aromatic carbocycles. The smallest absolute Gasteiger partial charge is 0.255 e. The second kappa shape index (κ2) is 7.09. The van der Waals surface area contributed by atoms with Crippen molar-refractivity contribution in [3.8, 4) is 5.69 Å². The van der Waals surface area contributed by atoms with Gasteiger partial charge in [-0.3, -0.25) is 4.79 Å². The monoisotopic (exact) mass is 371 g/mol. The quantitative estimate of drug-likeness (QED) is 0.871. The molecule has 2 aliphatic rings. The highest BCUT2D eigenvalue weighted by molar-refractivity contribution is 6.30. The highest BCUT2D eigenvalue weighted by Gasteiger charge is 2.32. The number of benzene rings is 1. The molecule has 2 aromatic rings. The number of likely N-dealkylation sites (tertiary alicyclic amines) is 1.